The van der Waals surface area contributed by atoms with Gasteiger partial charge in [-0.05, 0) is 34.9 Å². The Labute approximate surface area is 210 Å². The van der Waals surface area contributed by atoms with Gasteiger partial charge in [-0.1, -0.05) is 18.5 Å². The lowest BCUT2D eigenvalue weighted by atomic mass is 9.67. The van der Waals surface area contributed by atoms with E-state index in [0.717, 1.165) is 5.56 Å². The van der Waals surface area contributed by atoms with Crippen LogP contribution in [0.3, 0.4) is 0 Å². The normalized spacial score (nSPS) is 24.9. The Balaban J connectivity index is 1.66. The SMILES string of the molecule is COC(=O)C1=C[C@@H](c2ccsc2)C2=C(C[C@@H](C)[C@]3(Oc4c(Cl)c(OC)cc(OC)c4C3=O)C2=O)N1. The molecule has 0 saturated heterocycles. The molecule has 0 bridgehead atoms. The van der Waals surface area contributed by atoms with Crippen molar-refractivity contribution < 1.29 is 33.3 Å². The van der Waals surface area contributed by atoms with Gasteiger partial charge >= 0.3 is 5.97 Å². The summed E-state index contributed by atoms with van der Waals surface area (Å²) in [5.41, 5.74) is 0.298. The minimum atomic E-state index is -1.82. The Kier molecular flexibility index (Phi) is 5.64. The van der Waals surface area contributed by atoms with Gasteiger partial charge in [-0.3, -0.25) is 9.59 Å². The van der Waals surface area contributed by atoms with Crippen molar-refractivity contribution in [3.05, 3.63) is 62.1 Å². The summed E-state index contributed by atoms with van der Waals surface area (Å²) in [5.74, 6) is -2.11. The van der Waals surface area contributed by atoms with E-state index in [2.05, 4.69) is 5.32 Å². The first kappa shape index (κ1) is 23.4. The first-order chi connectivity index (χ1) is 16.8. The number of ketones is 2. The van der Waals surface area contributed by atoms with Crippen LogP contribution in [0.4, 0.5) is 0 Å². The van der Waals surface area contributed by atoms with Crippen molar-refractivity contribution in [2.24, 2.45) is 5.92 Å². The molecular weight excluding hydrogens is 494 g/mol. The van der Waals surface area contributed by atoms with Crippen LogP contribution in [0.25, 0.3) is 0 Å². The molecule has 0 radical (unpaired) electrons. The van der Waals surface area contributed by atoms with Crippen molar-refractivity contribution in [2.45, 2.75) is 24.9 Å². The second kappa shape index (κ2) is 8.42. The minimum absolute atomic E-state index is 0.0683. The average molecular weight is 516 g/mol. The molecule has 0 fully saturated rings. The van der Waals surface area contributed by atoms with Crippen LogP contribution in [-0.2, 0) is 14.3 Å². The molecule has 3 aliphatic rings. The van der Waals surface area contributed by atoms with Gasteiger partial charge in [-0.25, -0.2) is 4.79 Å². The van der Waals surface area contributed by atoms with Crippen molar-refractivity contribution in [1.82, 2.24) is 5.32 Å². The Bertz CT molecular complexity index is 1330. The molecule has 3 atom stereocenters. The van der Waals surface area contributed by atoms with Crippen LogP contribution >= 0.6 is 22.9 Å². The third kappa shape index (κ3) is 3.21. The largest absolute Gasteiger partial charge is 0.496 e. The predicted octanol–water partition coefficient (Wildman–Crippen LogP) is 4.04. The zero-order valence-electron chi connectivity index (χ0n) is 19.4. The van der Waals surface area contributed by atoms with Crippen molar-refractivity contribution >= 4 is 40.5 Å². The monoisotopic (exact) mass is 515 g/mol. The van der Waals surface area contributed by atoms with Gasteiger partial charge in [0.05, 0.1) is 21.3 Å². The highest BCUT2D eigenvalue weighted by Crippen LogP contribution is 2.55. The second-order valence-corrected chi connectivity index (χ2v) is 9.68. The molecule has 2 aliphatic heterocycles. The fraction of sp³-hybridized carbons (Fsp3) is 0.320. The summed E-state index contributed by atoms with van der Waals surface area (Å²) < 4.78 is 21.9. The van der Waals surface area contributed by atoms with Gasteiger partial charge in [0.2, 0.25) is 17.2 Å². The number of carbonyl (C=O) groups excluding carboxylic acids is 3. The maximum absolute atomic E-state index is 14.3. The van der Waals surface area contributed by atoms with Crippen LogP contribution in [0.1, 0.15) is 35.2 Å². The van der Waals surface area contributed by atoms with E-state index in [1.165, 1.54) is 38.7 Å². The first-order valence-corrected chi connectivity index (χ1v) is 12.2. The lowest BCUT2D eigenvalue weighted by Gasteiger charge is -2.41. The minimum Gasteiger partial charge on any atom is -0.496 e. The summed E-state index contributed by atoms with van der Waals surface area (Å²) in [4.78, 5) is 40.6. The molecule has 3 heterocycles. The lowest BCUT2D eigenvalue weighted by molar-refractivity contribution is -0.137. The molecule has 0 saturated carbocycles. The second-order valence-electron chi connectivity index (χ2n) is 8.52. The zero-order valence-corrected chi connectivity index (χ0v) is 21.0. The average Bonchev–Trinajstić information content (AvgIpc) is 3.50. The number of halogens is 1. The fourth-order valence-corrected chi connectivity index (χ4v) is 6.00. The summed E-state index contributed by atoms with van der Waals surface area (Å²) in [5, 5.41) is 6.95. The topological polar surface area (TPSA) is 100 Å². The summed E-state index contributed by atoms with van der Waals surface area (Å²) in [6.07, 6.45) is 1.93. The Morgan fingerprint density at radius 1 is 1.20 bits per heavy atom. The molecule has 1 N–H and O–H groups in total. The van der Waals surface area contributed by atoms with E-state index in [1.54, 1.807) is 13.0 Å². The molecule has 0 unspecified atom stereocenters. The van der Waals surface area contributed by atoms with Gasteiger partial charge in [0.1, 0.15) is 27.8 Å². The first-order valence-electron chi connectivity index (χ1n) is 10.8. The number of hydrogen-bond acceptors (Lipinski definition) is 9. The number of dihydropyridines is 1. The quantitative estimate of drug-likeness (QED) is 0.481. The number of Topliss-reactive ketones (excluding diaryl/α,β-unsaturated/α-hetero) is 2. The van der Waals surface area contributed by atoms with Crippen LogP contribution < -0.4 is 19.5 Å². The maximum atomic E-state index is 14.3. The number of thiophene rings is 1. The number of fused-ring (bicyclic) bond motifs is 1. The van der Waals surface area contributed by atoms with Gasteiger partial charge in [0.25, 0.3) is 0 Å². The van der Waals surface area contributed by atoms with Gasteiger partial charge in [0, 0.05) is 29.2 Å². The molecule has 182 valence electrons. The highest BCUT2D eigenvalue weighted by Gasteiger charge is 2.63. The smallest absolute Gasteiger partial charge is 0.354 e. The standard InChI is InChI=1S/C25H22ClNO7S/c1-11-7-14-18(13(12-5-6-35-10-12)8-15(27-14)24(30)33-4)22(28)25(11)23(29)19-16(31-2)9-17(32-3)20(26)21(19)34-25/h5-6,8-11,13,27H,7H2,1-4H3/t11-,13+,25+/m1/s1. The van der Waals surface area contributed by atoms with E-state index in [9.17, 15) is 14.4 Å². The molecule has 1 aromatic carbocycles. The highest BCUT2D eigenvalue weighted by molar-refractivity contribution is 7.08. The number of methoxy groups -OCH3 is 3. The number of hydrogen-bond donors (Lipinski definition) is 1. The van der Waals surface area contributed by atoms with Crippen molar-refractivity contribution in [1.29, 1.82) is 0 Å². The molecule has 0 amide bonds. The van der Waals surface area contributed by atoms with E-state index in [4.69, 9.17) is 30.5 Å². The summed E-state index contributed by atoms with van der Waals surface area (Å²) in [6, 6.07) is 3.39. The van der Waals surface area contributed by atoms with E-state index < -0.39 is 35.0 Å². The van der Waals surface area contributed by atoms with Crippen molar-refractivity contribution in [2.75, 3.05) is 21.3 Å². The van der Waals surface area contributed by atoms with Crippen molar-refractivity contribution in [3.63, 3.8) is 0 Å². The molecule has 8 nitrogen and oxygen atoms in total. The summed E-state index contributed by atoms with van der Waals surface area (Å²) in [6.45, 7) is 1.76. The number of benzene rings is 1. The summed E-state index contributed by atoms with van der Waals surface area (Å²) >= 11 is 7.98. The van der Waals surface area contributed by atoms with Crippen LogP contribution in [0.2, 0.25) is 5.02 Å². The zero-order chi connectivity index (χ0) is 25.1. The van der Waals surface area contributed by atoms with Crippen molar-refractivity contribution in [3.8, 4) is 17.2 Å². The van der Waals surface area contributed by atoms with E-state index in [0.29, 0.717) is 11.3 Å². The lowest BCUT2D eigenvalue weighted by Crippen LogP contribution is -2.58. The van der Waals surface area contributed by atoms with E-state index in [-0.39, 0.29) is 40.0 Å². The van der Waals surface area contributed by atoms with Gasteiger partial charge in [-0.2, -0.15) is 11.3 Å². The molecule has 35 heavy (non-hydrogen) atoms. The molecular formula is C25H22ClNO7S. The summed E-state index contributed by atoms with van der Waals surface area (Å²) in [7, 11) is 4.16. The molecule has 1 aromatic heterocycles. The number of allylic oxidation sites excluding steroid dienone is 2. The number of carbonyl (C=O) groups is 3. The van der Waals surface area contributed by atoms with Crippen LogP contribution in [0, 0.1) is 5.92 Å². The Morgan fingerprint density at radius 2 is 1.94 bits per heavy atom. The van der Waals surface area contributed by atoms with Gasteiger partial charge in [0.15, 0.2) is 5.75 Å². The maximum Gasteiger partial charge on any atom is 0.354 e. The van der Waals surface area contributed by atoms with Gasteiger partial charge < -0.3 is 24.3 Å². The molecule has 5 rings (SSSR count). The van der Waals surface area contributed by atoms with Crippen LogP contribution in [-0.4, -0.2) is 44.5 Å². The Morgan fingerprint density at radius 3 is 2.57 bits per heavy atom. The molecule has 10 heteroatoms. The number of nitrogens with one attached hydrogen (secondary N) is 1. The number of ether oxygens (including phenoxy) is 4. The van der Waals surface area contributed by atoms with Crippen LogP contribution in [0.5, 0.6) is 17.2 Å². The number of esters is 1. The van der Waals surface area contributed by atoms with Crippen LogP contribution in [0.15, 0.2) is 45.9 Å². The predicted molar refractivity (Wildman–Crippen MR) is 128 cm³/mol. The van der Waals surface area contributed by atoms with E-state index in [1.807, 2.05) is 16.8 Å². The molecule has 2 aromatic rings. The third-order valence-electron chi connectivity index (χ3n) is 6.77. The Hall–Kier alpha value is -3.30. The fourth-order valence-electron chi connectivity index (χ4n) is 5.04. The third-order valence-corrected chi connectivity index (χ3v) is 7.83. The number of rotatable bonds is 4. The van der Waals surface area contributed by atoms with E-state index >= 15 is 0 Å². The van der Waals surface area contributed by atoms with Gasteiger partial charge in [-0.15, -0.1) is 0 Å². The molecule has 1 spiro atoms. The highest BCUT2D eigenvalue weighted by atomic mass is 35.5. The molecule has 1 aliphatic carbocycles.